The van der Waals surface area contributed by atoms with Crippen LogP contribution in [0.15, 0.2) is 28.9 Å². The van der Waals surface area contributed by atoms with Crippen molar-refractivity contribution in [1.82, 2.24) is 10.2 Å². The number of likely N-dealkylation sites (tertiary alicyclic amines) is 1. The highest BCUT2D eigenvalue weighted by atomic mass is 32.1. The Labute approximate surface area is 151 Å². The van der Waals surface area contributed by atoms with Crippen LogP contribution in [0.4, 0.5) is 0 Å². The third kappa shape index (κ3) is 3.49. The van der Waals surface area contributed by atoms with Gasteiger partial charge in [0.05, 0.1) is 17.7 Å². The lowest BCUT2D eigenvalue weighted by atomic mass is 9.87. The summed E-state index contributed by atoms with van der Waals surface area (Å²) in [5.41, 5.74) is 1.18. The summed E-state index contributed by atoms with van der Waals surface area (Å²) in [5, 5.41) is 2.96. The average Bonchev–Trinajstić information content (AvgIpc) is 3.39. The Kier molecular flexibility index (Phi) is 4.61. The van der Waals surface area contributed by atoms with Gasteiger partial charge in [0.25, 0.3) is 5.91 Å². The number of nitrogens with zero attached hydrogens (tertiary/aromatic N) is 1. The van der Waals surface area contributed by atoms with E-state index in [4.69, 9.17) is 4.42 Å². The maximum Gasteiger partial charge on any atom is 0.263 e. The molecule has 4 rings (SSSR count). The number of fused-ring (bicyclic) bond motifs is 1. The molecule has 1 N–H and O–H groups in total. The molecule has 2 aromatic heterocycles. The van der Waals surface area contributed by atoms with Gasteiger partial charge in [-0.05, 0) is 55.9 Å². The van der Waals surface area contributed by atoms with E-state index in [2.05, 4.69) is 5.32 Å². The predicted molar refractivity (Wildman–Crippen MR) is 95.5 cm³/mol. The Morgan fingerprint density at radius 2 is 2.16 bits per heavy atom. The summed E-state index contributed by atoms with van der Waals surface area (Å²) in [6.45, 7) is 2.18. The minimum atomic E-state index is -0.0215. The first kappa shape index (κ1) is 16.4. The molecule has 0 radical (unpaired) electrons. The van der Waals surface area contributed by atoms with Gasteiger partial charge >= 0.3 is 0 Å². The molecule has 25 heavy (non-hydrogen) atoms. The van der Waals surface area contributed by atoms with Crippen molar-refractivity contribution in [3.8, 4) is 0 Å². The smallest absolute Gasteiger partial charge is 0.263 e. The van der Waals surface area contributed by atoms with E-state index >= 15 is 0 Å². The molecule has 2 amide bonds. The van der Waals surface area contributed by atoms with Gasteiger partial charge in [0, 0.05) is 23.9 Å². The van der Waals surface area contributed by atoms with Crippen molar-refractivity contribution in [2.24, 2.45) is 5.92 Å². The fraction of sp³-hybridized carbons (Fsp3) is 0.474. The van der Waals surface area contributed by atoms with Crippen LogP contribution < -0.4 is 5.32 Å². The Morgan fingerprint density at radius 1 is 1.32 bits per heavy atom. The molecule has 3 heterocycles. The summed E-state index contributed by atoms with van der Waals surface area (Å²) in [6.07, 6.45) is 6.27. The van der Waals surface area contributed by atoms with Gasteiger partial charge in [-0.2, -0.15) is 0 Å². The molecule has 2 aromatic rings. The summed E-state index contributed by atoms with van der Waals surface area (Å²) >= 11 is 1.62. The summed E-state index contributed by atoms with van der Waals surface area (Å²) < 4.78 is 5.25. The molecule has 6 heteroatoms. The maximum absolute atomic E-state index is 12.6. The third-order valence-corrected chi connectivity index (χ3v) is 6.30. The van der Waals surface area contributed by atoms with Crippen LogP contribution in [-0.4, -0.2) is 29.8 Å². The number of aryl methyl sites for hydroxylation is 1. The lowest BCUT2D eigenvalue weighted by molar-refractivity contribution is -0.125. The highest BCUT2D eigenvalue weighted by molar-refractivity contribution is 7.14. The van der Waals surface area contributed by atoms with E-state index in [9.17, 15) is 9.59 Å². The highest BCUT2D eigenvalue weighted by Gasteiger charge is 2.29. The van der Waals surface area contributed by atoms with Gasteiger partial charge in [-0.25, -0.2) is 0 Å². The van der Waals surface area contributed by atoms with Crippen molar-refractivity contribution in [2.45, 2.75) is 38.6 Å². The molecular weight excluding hydrogens is 336 g/mol. The standard InChI is InChI=1S/C19H22N2O3S/c22-18(20-12-15-4-3-9-24-15)13-5-6-16-14(10-13)11-17(25-16)19(23)21-7-1-2-8-21/h3-4,9,11,13H,1-2,5-8,10,12H2,(H,20,22)/t13-/m0/s1. The molecule has 0 saturated carbocycles. The predicted octanol–water partition coefficient (Wildman–Crippen LogP) is 3.00. The molecule has 1 saturated heterocycles. The van der Waals surface area contributed by atoms with Crippen LogP contribution in [0.1, 0.15) is 45.1 Å². The van der Waals surface area contributed by atoms with Gasteiger partial charge < -0.3 is 14.6 Å². The number of hydrogen-bond acceptors (Lipinski definition) is 4. The minimum Gasteiger partial charge on any atom is -0.467 e. The zero-order valence-electron chi connectivity index (χ0n) is 14.1. The molecule has 1 aliphatic heterocycles. The number of furan rings is 1. The SMILES string of the molecule is O=C(NCc1ccco1)[C@H]1CCc2sc(C(=O)N3CCCC3)cc2C1. The Hall–Kier alpha value is -2.08. The van der Waals surface area contributed by atoms with Crippen molar-refractivity contribution in [1.29, 1.82) is 0 Å². The number of nitrogens with one attached hydrogen (secondary N) is 1. The summed E-state index contributed by atoms with van der Waals surface area (Å²) in [6, 6.07) is 5.69. The molecule has 1 fully saturated rings. The summed E-state index contributed by atoms with van der Waals surface area (Å²) in [7, 11) is 0. The van der Waals surface area contributed by atoms with Gasteiger partial charge in [-0.15, -0.1) is 11.3 Å². The number of thiophene rings is 1. The van der Waals surface area contributed by atoms with Crippen LogP contribution in [0.5, 0.6) is 0 Å². The number of carbonyl (C=O) groups excluding carboxylic acids is 2. The van der Waals surface area contributed by atoms with Gasteiger partial charge in [-0.3, -0.25) is 9.59 Å². The van der Waals surface area contributed by atoms with Crippen LogP contribution in [0.25, 0.3) is 0 Å². The van der Waals surface area contributed by atoms with Gasteiger partial charge in [0.15, 0.2) is 0 Å². The van der Waals surface area contributed by atoms with E-state index in [-0.39, 0.29) is 17.7 Å². The van der Waals surface area contributed by atoms with E-state index in [0.29, 0.717) is 6.54 Å². The molecule has 2 aliphatic rings. The molecule has 132 valence electrons. The van der Waals surface area contributed by atoms with E-state index in [1.165, 1.54) is 10.4 Å². The zero-order chi connectivity index (χ0) is 17.2. The van der Waals surface area contributed by atoms with Crippen LogP contribution in [0.2, 0.25) is 0 Å². The first-order chi connectivity index (χ1) is 12.2. The number of rotatable bonds is 4. The number of hydrogen-bond donors (Lipinski definition) is 1. The second-order valence-electron chi connectivity index (χ2n) is 6.80. The van der Waals surface area contributed by atoms with Crippen molar-refractivity contribution in [3.05, 3.63) is 45.5 Å². The Morgan fingerprint density at radius 3 is 2.92 bits per heavy atom. The first-order valence-electron chi connectivity index (χ1n) is 8.91. The number of carbonyl (C=O) groups is 2. The molecule has 0 bridgehead atoms. The minimum absolute atomic E-state index is 0.0215. The van der Waals surface area contributed by atoms with Crippen LogP contribution >= 0.6 is 11.3 Å². The maximum atomic E-state index is 12.6. The Balaban J connectivity index is 1.39. The lowest BCUT2D eigenvalue weighted by Crippen LogP contribution is -2.33. The van der Waals surface area contributed by atoms with Gasteiger partial charge in [-0.1, -0.05) is 0 Å². The van der Waals surface area contributed by atoms with Crippen molar-refractivity contribution in [2.75, 3.05) is 13.1 Å². The van der Waals surface area contributed by atoms with E-state index in [1.54, 1.807) is 17.6 Å². The monoisotopic (exact) mass is 358 g/mol. The van der Waals surface area contributed by atoms with E-state index in [0.717, 1.165) is 55.8 Å². The molecule has 5 nitrogen and oxygen atoms in total. The second kappa shape index (κ2) is 7.04. The quantitative estimate of drug-likeness (QED) is 0.914. The van der Waals surface area contributed by atoms with Crippen molar-refractivity contribution < 1.29 is 14.0 Å². The van der Waals surface area contributed by atoms with Crippen LogP contribution in [0.3, 0.4) is 0 Å². The largest absolute Gasteiger partial charge is 0.467 e. The fourth-order valence-corrected chi connectivity index (χ4v) is 4.84. The van der Waals surface area contributed by atoms with Gasteiger partial charge in [0.1, 0.15) is 5.76 Å². The topological polar surface area (TPSA) is 62.6 Å². The lowest BCUT2D eigenvalue weighted by Gasteiger charge is -2.21. The normalized spacial score (nSPS) is 19.7. The van der Waals surface area contributed by atoms with Gasteiger partial charge in [0.2, 0.25) is 5.91 Å². The van der Waals surface area contributed by atoms with E-state index in [1.807, 2.05) is 23.1 Å². The van der Waals surface area contributed by atoms with Crippen LogP contribution in [-0.2, 0) is 24.2 Å². The van der Waals surface area contributed by atoms with E-state index < -0.39 is 0 Å². The number of amides is 2. The van der Waals surface area contributed by atoms with Crippen molar-refractivity contribution >= 4 is 23.2 Å². The molecule has 0 unspecified atom stereocenters. The molecule has 1 atom stereocenters. The molecule has 1 aliphatic carbocycles. The average molecular weight is 358 g/mol. The first-order valence-corrected chi connectivity index (χ1v) is 9.73. The molecule has 0 spiro atoms. The fourth-order valence-electron chi connectivity index (χ4n) is 3.66. The second-order valence-corrected chi connectivity index (χ2v) is 7.93. The van der Waals surface area contributed by atoms with Crippen molar-refractivity contribution in [3.63, 3.8) is 0 Å². The Bertz CT molecular complexity index is 760. The summed E-state index contributed by atoms with van der Waals surface area (Å²) in [5.74, 6) is 0.974. The molecule has 0 aromatic carbocycles. The van der Waals surface area contributed by atoms with Crippen LogP contribution in [0, 0.1) is 5.92 Å². The zero-order valence-corrected chi connectivity index (χ0v) is 14.9. The third-order valence-electron chi connectivity index (χ3n) is 5.07. The highest BCUT2D eigenvalue weighted by Crippen LogP contribution is 2.33. The summed E-state index contributed by atoms with van der Waals surface area (Å²) in [4.78, 5) is 29.1. The molecular formula is C19H22N2O3S.